The molecule has 9 rings (SSSR count). The number of carbonyl (C=O) groups is 2. The Balaban J connectivity index is 0.715. The normalized spacial score (nSPS) is 21.4. The zero-order chi connectivity index (χ0) is 39.4. The van der Waals surface area contributed by atoms with E-state index in [1.54, 1.807) is 6.33 Å². The number of piperidine rings is 2. The van der Waals surface area contributed by atoms with Gasteiger partial charge in [0.25, 0.3) is 0 Å². The lowest BCUT2D eigenvalue weighted by Gasteiger charge is -2.37. The van der Waals surface area contributed by atoms with E-state index in [-0.39, 0.29) is 23.9 Å². The van der Waals surface area contributed by atoms with Crippen molar-refractivity contribution >= 4 is 40.0 Å². The Kier molecular flexibility index (Phi) is 11.2. The molecule has 0 bridgehead atoms. The fourth-order valence-electron chi connectivity index (χ4n) is 9.05. The molecule has 2 aromatic heterocycles. The zero-order valence-corrected chi connectivity index (χ0v) is 33.0. The Morgan fingerprint density at radius 1 is 0.759 bits per heavy atom. The second-order valence-electron chi connectivity index (χ2n) is 16.2. The molecule has 2 amide bonds. The SMILES string of the molecule is Nc1ncnc2c1c(-c1ccc(Oc3ccccc3)cc1)nn2C1CCN(CCN2CCC(CN3CCN(c4ccc(NC5CCC(=O)NC5=O)cc4)CC3)C2)CC1. The molecule has 4 saturated heterocycles. The number of nitrogens with one attached hydrogen (secondary N) is 2. The Morgan fingerprint density at radius 3 is 2.24 bits per heavy atom. The van der Waals surface area contributed by atoms with Gasteiger partial charge in [-0.2, -0.15) is 5.10 Å². The minimum absolute atomic E-state index is 0.194. The van der Waals surface area contributed by atoms with E-state index in [0.717, 1.165) is 111 Å². The second kappa shape index (κ2) is 17.1. The fraction of sp³-hybridized carbons (Fsp3) is 0.432. The molecule has 4 aliphatic rings. The monoisotopic (exact) mass is 783 g/mol. The Labute approximate surface area is 339 Å². The minimum Gasteiger partial charge on any atom is -0.457 e. The van der Waals surface area contributed by atoms with Crippen molar-refractivity contribution in [3.63, 3.8) is 0 Å². The number of nitrogen functional groups attached to an aromatic ring is 1. The van der Waals surface area contributed by atoms with E-state index < -0.39 is 0 Å². The van der Waals surface area contributed by atoms with Gasteiger partial charge in [0.1, 0.15) is 35.4 Å². The molecule has 0 aliphatic carbocycles. The average Bonchev–Trinajstić information content (AvgIpc) is 3.88. The maximum Gasteiger partial charge on any atom is 0.249 e. The number of piperazine rings is 1. The number of carbonyl (C=O) groups excluding carboxylic acids is 2. The van der Waals surface area contributed by atoms with Crippen LogP contribution in [0.3, 0.4) is 0 Å². The number of rotatable bonds is 12. The van der Waals surface area contributed by atoms with Crippen LogP contribution in [0, 0.1) is 5.92 Å². The van der Waals surface area contributed by atoms with E-state index in [2.05, 4.69) is 57.0 Å². The van der Waals surface area contributed by atoms with Gasteiger partial charge in [-0.25, -0.2) is 14.6 Å². The summed E-state index contributed by atoms with van der Waals surface area (Å²) in [6.07, 6.45) is 5.74. The van der Waals surface area contributed by atoms with Gasteiger partial charge in [-0.15, -0.1) is 0 Å². The molecule has 6 heterocycles. The second-order valence-corrected chi connectivity index (χ2v) is 16.2. The van der Waals surface area contributed by atoms with E-state index in [1.165, 1.54) is 31.7 Å². The molecular weight excluding hydrogens is 731 g/mol. The smallest absolute Gasteiger partial charge is 0.249 e. The molecule has 4 N–H and O–H groups in total. The Bertz CT molecular complexity index is 2180. The summed E-state index contributed by atoms with van der Waals surface area (Å²) >= 11 is 0. The van der Waals surface area contributed by atoms with Crippen LogP contribution in [0.2, 0.25) is 0 Å². The lowest BCUT2D eigenvalue weighted by atomic mass is 10.1. The Morgan fingerprint density at radius 2 is 1.48 bits per heavy atom. The lowest BCUT2D eigenvalue weighted by Crippen LogP contribution is -2.48. The van der Waals surface area contributed by atoms with E-state index in [4.69, 9.17) is 15.6 Å². The molecule has 14 heteroatoms. The number of imide groups is 1. The van der Waals surface area contributed by atoms with Crippen molar-refractivity contribution < 1.29 is 14.3 Å². The van der Waals surface area contributed by atoms with Crippen LogP contribution in [-0.2, 0) is 9.59 Å². The Hall–Kier alpha value is -5.57. The first kappa shape index (κ1) is 38.0. The van der Waals surface area contributed by atoms with Gasteiger partial charge in [0.15, 0.2) is 5.65 Å². The first-order chi connectivity index (χ1) is 28.4. The number of amides is 2. The maximum absolute atomic E-state index is 12.1. The first-order valence-electron chi connectivity index (χ1n) is 20.9. The van der Waals surface area contributed by atoms with Crippen molar-refractivity contribution in [2.24, 2.45) is 5.92 Å². The maximum atomic E-state index is 12.1. The van der Waals surface area contributed by atoms with Gasteiger partial charge in [-0.1, -0.05) is 18.2 Å². The molecule has 5 aromatic rings. The molecule has 0 spiro atoms. The van der Waals surface area contributed by atoms with Crippen molar-refractivity contribution in [1.29, 1.82) is 0 Å². The van der Waals surface area contributed by atoms with Gasteiger partial charge in [0, 0.05) is 88.8 Å². The molecule has 2 unspecified atom stereocenters. The third kappa shape index (κ3) is 8.64. The average molecular weight is 784 g/mol. The summed E-state index contributed by atoms with van der Waals surface area (Å²) in [5.41, 5.74) is 11.1. The van der Waals surface area contributed by atoms with Crippen LogP contribution in [0.4, 0.5) is 17.2 Å². The summed E-state index contributed by atoms with van der Waals surface area (Å²) in [4.78, 5) is 43.0. The van der Waals surface area contributed by atoms with Crippen molar-refractivity contribution in [3.05, 3.63) is 85.2 Å². The zero-order valence-electron chi connectivity index (χ0n) is 33.0. The number of para-hydroxylation sites is 1. The van der Waals surface area contributed by atoms with Crippen LogP contribution in [0.1, 0.15) is 38.1 Å². The molecule has 14 nitrogen and oxygen atoms in total. The largest absolute Gasteiger partial charge is 0.457 e. The molecular formula is C44H53N11O3. The predicted molar refractivity (Wildman–Crippen MR) is 226 cm³/mol. The van der Waals surface area contributed by atoms with Crippen LogP contribution >= 0.6 is 0 Å². The molecule has 0 radical (unpaired) electrons. The highest BCUT2D eigenvalue weighted by atomic mass is 16.5. The molecule has 2 atom stereocenters. The highest BCUT2D eigenvalue weighted by molar-refractivity contribution is 6.01. The summed E-state index contributed by atoms with van der Waals surface area (Å²) in [5, 5.41) is 11.6. The third-order valence-electron chi connectivity index (χ3n) is 12.3. The number of likely N-dealkylation sites (tertiary alicyclic amines) is 2. The fourth-order valence-corrected chi connectivity index (χ4v) is 9.05. The van der Waals surface area contributed by atoms with Gasteiger partial charge in [0.2, 0.25) is 11.8 Å². The summed E-state index contributed by atoms with van der Waals surface area (Å²) in [6, 6.07) is 26.0. The third-order valence-corrected chi connectivity index (χ3v) is 12.3. The number of hydrogen-bond acceptors (Lipinski definition) is 12. The first-order valence-corrected chi connectivity index (χ1v) is 20.9. The molecule has 0 saturated carbocycles. The summed E-state index contributed by atoms with van der Waals surface area (Å²) in [7, 11) is 0. The quantitative estimate of drug-likeness (QED) is 0.148. The predicted octanol–water partition coefficient (Wildman–Crippen LogP) is 4.87. The molecule has 302 valence electrons. The topological polar surface area (TPSA) is 150 Å². The van der Waals surface area contributed by atoms with Crippen LogP contribution in [0.5, 0.6) is 11.5 Å². The molecule has 3 aromatic carbocycles. The van der Waals surface area contributed by atoms with Crippen LogP contribution in [0.15, 0.2) is 85.2 Å². The molecule has 4 fully saturated rings. The van der Waals surface area contributed by atoms with E-state index in [9.17, 15) is 9.59 Å². The van der Waals surface area contributed by atoms with E-state index >= 15 is 0 Å². The van der Waals surface area contributed by atoms with Crippen LogP contribution < -0.4 is 26.0 Å². The standard InChI is InChI=1S/C44H53N11O3/c45-42-40-41(32-6-12-37(13-7-32)58-36-4-2-1-3-5-36)50-55(43(40)47-30-46-42)35-17-20-51(21-18-35)22-23-52-19-16-31(28-52)29-53-24-26-54(27-25-53)34-10-8-33(9-11-34)48-38-14-15-39(56)49-44(38)57/h1-13,30-31,35,38,48H,14-29H2,(H2,45,46,47)(H,49,56,57). The van der Waals surface area contributed by atoms with Gasteiger partial charge in [-0.3, -0.25) is 19.8 Å². The lowest BCUT2D eigenvalue weighted by molar-refractivity contribution is -0.133. The number of hydrogen-bond donors (Lipinski definition) is 3. The molecule has 4 aliphatic heterocycles. The minimum atomic E-state index is -0.365. The van der Waals surface area contributed by atoms with Crippen molar-refractivity contribution in [2.75, 3.05) is 87.9 Å². The number of ether oxygens (including phenoxy) is 1. The van der Waals surface area contributed by atoms with Crippen molar-refractivity contribution in [3.8, 4) is 22.8 Å². The van der Waals surface area contributed by atoms with Crippen LogP contribution in [-0.4, -0.2) is 124 Å². The summed E-state index contributed by atoms with van der Waals surface area (Å²) in [6.45, 7) is 12.0. The van der Waals surface area contributed by atoms with Gasteiger partial charge in [0.05, 0.1) is 11.4 Å². The summed E-state index contributed by atoms with van der Waals surface area (Å²) < 4.78 is 8.11. The van der Waals surface area contributed by atoms with E-state index in [1.807, 2.05) is 66.7 Å². The molecule has 58 heavy (non-hydrogen) atoms. The summed E-state index contributed by atoms with van der Waals surface area (Å²) in [5.74, 6) is 2.29. The van der Waals surface area contributed by atoms with E-state index in [0.29, 0.717) is 18.7 Å². The van der Waals surface area contributed by atoms with Gasteiger partial charge < -0.3 is 30.5 Å². The van der Waals surface area contributed by atoms with Crippen molar-refractivity contribution in [2.45, 2.75) is 44.2 Å². The number of fused-ring (bicyclic) bond motifs is 1. The van der Waals surface area contributed by atoms with Crippen LogP contribution in [0.25, 0.3) is 22.3 Å². The number of aromatic nitrogens is 4. The number of nitrogens with zero attached hydrogens (tertiary/aromatic N) is 8. The highest BCUT2D eigenvalue weighted by Crippen LogP contribution is 2.35. The number of benzene rings is 3. The van der Waals surface area contributed by atoms with Gasteiger partial charge in [-0.05, 0) is 98.8 Å². The number of anilines is 3. The van der Waals surface area contributed by atoms with Crippen molar-refractivity contribution in [1.82, 2.24) is 39.8 Å². The number of nitrogens with two attached hydrogens (primary N) is 1. The van der Waals surface area contributed by atoms with Gasteiger partial charge >= 0.3 is 0 Å². The highest BCUT2D eigenvalue weighted by Gasteiger charge is 2.30.